The molecule has 2 aliphatic heterocycles. The van der Waals surface area contributed by atoms with Crippen LogP contribution in [-0.4, -0.2) is 18.0 Å². The minimum absolute atomic E-state index is 0. The third-order valence-electron chi connectivity index (χ3n) is 6.19. The highest BCUT2D eigenvalue weighted by atomic mass is 35.5. The maximum atomic E-state index is 12.7. The predicted molar refractivity (Wildman–Crippen MR) is 104 cm³/mol. The average Bonchev–Trinajstić information content (AvgIpc) is 3.18. The Bertz CT molecular complexity index is 594. The topological polar surface area (TPSA) is 41.1 Å². The van der Waals surface area contributed by atoms with Gasteiger partial charge in [0.1, 0.15) is 0 Å². The summed E-state index contributed by atoms with van der Waals surface area (Å²) in [5, 5.41) is 7.74. The highest BCUT2D eigenvalue weighted by Crippen LogP contribution is 2.47. The Hall–Kier alpha value is -0.770. The van der Waals surface area contributed by atoms with Crippen molar-refractivity contribution in [1.82, 2.24) is 10.6 Å². The zero-order chi connectivity index (χ0) is 16.7. The second kappa shape index (κ2) is 7.85. The van der Waals surface area contributed by atoms with Gasteiger partial charge in [-0.3, -0.25) is 4.79 Å². The van der Waals surface area contributed by atoms with Crippen LogP contribution in [0, 0.1) is 17.8 Å². The largest absolute Gasteiger partial charge is 0.349 e. The first-order valence-corrected chi connectivity index (χ1v) is 9.77. The summed E-state index contributed by atoms with van der Waals surface area (Å²) in [6, 6.07) is 9.41. The Morgan fingerprint density at radius 1 is 1.20 bits per heavy atom. The molecule has 2 heterocycles. The smallest absolute Gasteiger partial charge is 0.220 e. The second-order valence-electron chi connectivity index (χ2n) is 8.15. The molecule has 5 heteroatoms. The quantitative estimate of drug-likeness (QED) is 0.786. The molecule has 138 valence electrons. The molecule has 5 atom stereocenters. The summed E-state index contributed by atoms with van der Waals surface area (Å²) in [7, 11) is 0. The number of benzene rings is 1. The summed E-state index contributed by atoms with van der Waals surface area (Å²) in [4.78, 5) is 12.7. The molecule has 1 aromatic carbocycles. The first-order valence-electron chi connectivity index (χ1n) is 9.39. The van der Waals surface area contributed by atoms with Gasteiger partial charge in [-0.2, -0.15) is 0 Å². The summed E-state index contributed by atoms with van der Waals surface area (Å²) in [6.07, 6.45) is 6.78. The average molecular weight is 383 g/mol. The molecule has 25 heavy (non-hydrogen) atoms. The Morgan fingerprint density at radius 2 is 1.80 bits per heavy atom. The van der Waals surface area contributed by atoms with E-state index in [4.69, 9.17) is 11.6 Å². The molecule has 3 nitrogen and oxygen atoms in total. The number of rotatable bonds is 5. The van der Waals surface area contributed by atoms with Gasteiger partial charge in [-0.25, -0.2) is 0 Å². The molecule has 4 rings (SSSR count). The Balaban J connectivity index is 0.00000182. The number of carbonyl (C=O) groups is 1. The van der Waals surface area contributed by atoms with Crippen LogP contribution in [0.4, 0.5) is 0 Å². The van der Waals surface area contributed by atoms with Gasteiger partial charge in [-0.05, 0) is 67.6 Å². The molecule has 1 amide bonds. The number of hydrogen-bond donors (Lipinski definition) is 2. The number of piperidine rings is 1. The third-order valence-corrected chi connectivity index (χ3v) is 6.44. The van der Waals surface area contributed by atoms with Crippen molar-refractivity contribution in [3.05, 3.63) is 34.9 Å². The zero-order valence-corrected chi connectivity index (χ0v) is 16.3. The minimum Gasteiger partial charge on any atom is -0.349 e. The normalized spacial score (nSPS) is 34.1. The number of amides is 1. The van der Waals surface area contributed by atoms with E-state index >= 15 is 0 Å². The van der Waals surface area contributed by atoms with Crippen LogP contribution in [0.25, 0.3) is 0 Å². The van der Waals surface area contributed by atoms with Crippen LogP contribution in [0.5, 0.6) is 0 Å². The maximum absolute atomic E-state index is 12.7. The van der Waals surface area contributed by atoms with Gasteiger partial charge in [0.25, 0.3) is 0 Å². The fourth-order valence-corrected chi connectivity index (χ4v) is 4.89. The Morgan fingerprint density at radius 3 is 2.36 bits per heavy atom. The molecule has 1 aliphatic carbocycles. The number of carbonyl (C=O) groups excluding carboxylic acids is 1. The molecule has 2 N–H and O–H groups in total. The van der Waals surface area contributed by atoms with Crippen LogP contribution < -0.4 is 10.6 Å². The summed E-state index contributed by atoms with van der Waals surface area (Å²) < 4.78 is 0. The van der Waals surface area contributed by atoms with E-state index in [1.165, 1.54) is 24.8 Å². The summed E-state index contributed by atoms with van der Waals surface area (Å²) in [5.41, 5.74) is 1.19. The zero-order valence-electron chi connectivity index (χ0n) is 14.7. The van der Waals surface area contributed by atoms with Crippen LogP contribution in [0.15, 0.2) is 24.3 Å². The van der Waals surface area contributed by atoms with E-state index in [1.807, 2.05) is 12.1 Å². The van der Waals surface area contributed by atoms with Crippen LogP contribution in [-0.2, 0) is 4.79 Å². The maximum Gasteiger partial charge on any atom is 0.220 e. The molecule has 3 aliphatic rings. The molecule has 0 aromatic heterocycles. The SMILES string of the molecule is CC1CC1C(NC(=O)CC1CC2CCC(C1)N2)c1ccc(Cl)cc1.Cl. The molecular formula is C20H28Cl2N2O. The lowest BCUT2D eigenvalue weighted by molar-refractivity contribution is -0.123. The number of nitrogens with one attached hydrogen (secondary N) is 2. The predicted octanol–water partition coefficient (Wildman–Crippen LogP) is 4.50. The molecule has 1 saturated carbocycles. The van der Waals surface area contributed by atoms with E-state index in [2.05, 4.69) is 29.7 Å². The van der Waals surface area contributed by atoms with Crippen LogP contribution in [0.3, 0.4) is 0 Å². The molecule has 0 spiro atoms. The van der Waals surface area contributed by atoms with Gasteiger partial charge >= 0.3 is 0 Å². The molecule has 1 aromatic rings. The number of hydrogen-bond acceptors (Lipinski definition) is 2. The van der Waals surface area contributed by atoms with Gasteiger partial charge in [0.2, 0.25) is 5.91 Å². The van der Waals surface area contributed by atoms with E-state index in [0.29, 0.717) is 36.3 Å². The molecule has 5 unspecified atom stereocenters. The van der Waals surface area contributed by atoms with Crippen LogP contribution in [0.2, 0.25) is 5.02 Å². The standard InChI is InChI=1S/C20H27ClN2O.ClH/c1-12-8-18(12)20(14-2-4-15(21)5-3-14)23-19(24)11-13-9-16-6-7-17(10-13)22-16;/h2-5,12-13,16-18,20,22H,6-11H2,1H3,(H,23,24);1H. The second-order valence-corrected chi connectivity index (χ2v) is 8.59. The van der Waals surface area contributed by atoms with Crippen LogP contribution in [0.1, 0.15) is 57.1 Å². The monoisotopic (exact) mass is 382 g/mol. The Kier molecular flexibility index (Phi) is 5.97. The van der Waals surface area contributed by atoms with Crippen molar-refractivity contribution in [3.63, 3.8) is 0 Å². The molecule has 3 fully saturated rings. The van der Waals surface area contributed by atoms with E-state index in [1.54, 1.807) is 0 Å². The van der Waals surface area contributed by atoms with Crippen molar-refractivity contribution < 1.29 is 4.79 Å². The summed E-state index contributed by atoms with van der Waals surface area (Å²) >= 11 is 6.01. The fourth-order valence-electron chi connectivity index (χ4n) is 4.76. The van der Waals surface area contributed by atoms with Gasteiger partial charge in [0.15, 0.2) is 0 Å². The summed E-state index contributed by atoms with van der Waals surface area (Å²) in [5.74, 6) is 2.03. The summed E-state index contributed by atoms with van der Waals surface area (Å²) in [6.45, 7) is 2.27. The first kappa shape index (κ1) is 19.0. The van der Waals surface area contributed by atoms with Crippen molar-refractivity contribution in [2.24, 2.45) is 17.8 Å². The lowest BCUT2D eigenvalue weighted by Crippen LogP contribution is -2.40. The lowest BCUT2D eigenvalue weighted by atomic mass is 9.89. The van der Waals surface area contributed by atoms with Crippen molar-refractivity contribution in [1.29, 1.82) is 0 Å². The third kappa shape index (κ3) is 4.50. The van der Waals surface area contributed by atoms with Gasteiger partial charge < -0.3 is 10.6 Å². The molecule has 0 radical (unpaired) electrons. The van der Waals surface area contributed by atoms with E-state index in [9.17, 15) is 4.79 Å². The highest BCUT2D eigenvalue weighted by Gasteiger charge is 2.41. The molecule has 2 saturated heterocycles. The van der Waals surface area contributed by atoms with Crippen LogP contribution >= 0.6 is 24.0 Å². The minimum atomic E-state index is 0. The molecule has 2 bridgehead atoms. The van der Waals surface area contributed by atoms with E-state index < -0.39 is 0 Å². The fraction of sp³-hybridized carbons (Fsp3) is 0.650. The van der Waals surface area contributed by atoms with Crippen molar-refractivity contribution >= 4 is 29.9 Å². The van der Waals surface area contributed by atoms with E-state index in [-0.39, 0.29) is 24.4 Å². The van der Waals surface area contributed by atoms with Gasteiger partial charge in [0, 0.05) is 23.5 Å². The van der Waals surface area contributed by atoms with Crippen molar-refractivity contribution in [2.75, 3.05) is 0 Å². The number of halogens is 2. The van der Waals surface area contributed by atoms with Crippen molar-refractivity contribution in [3.8, 4) is 0 Å². The van der Waals surface area contributed by atoms with E-state index in [0.717, 1.165) is 17.9 Å². The van der Waals surface area contributed by atoms with Gasteiger partial charge in [-0.15, -0.1) is 12.4 Å². The Labute approximate surface area is 161 Å². The first-order chi connectivity index (χ1) is 11.6. The number of fused-ring (bicyclic) bond motifs is 2. The lowest BCUT2D eigenvalue weighted by Gasteiger charge is -2.29. The highest BCUT2D eigenvalue weighted by molar-refractivity contribution is 6.30. The van der Waals surface area contributed by atoms with Crippen molar-refractivity contribution in [2.45, 2.75) is 63.6 Å². The molecular weight excluding hydrogens is 355 g/mol. The van der Waals surface area contributed by atoms with Gasteiger partial charge in [-0.1, -0.05) is 30.7 Å². The van der Waals surface area contributed by atoms with Gasteiger partial charge in [0.05, 0.1) is 6.04 Å².